The summed E-state index contributed by atoms with van der Waals surface area (Å²) in [6.07, 6.45) is 1.14. The van der Waals surface area contributed by atoms with Crippen molar-refractivity contribution in [3.8, 4) is 23.2 Å². The number of nitrogens with zero attached hydrogens (tertiary/aromatic N) is 3. The summed E-state index contributed by atoms with van der Waals surface area (Å²) >= 11 is 5.92. The third-order valence-corrected chi connectivity index (χ3v) is 6.73. The molecule has 31 heavy (non-hydrogen) atoms. The smallest absolute Gasteiger partial charge is 0.165 e. The van der Waals surface area contributed by atoms with Crippen LogP contribution in [0.3, 0.4) is 0 Å². The number of piperidine rings is 1. The molecule has 2 aromatic carbocycles. The van der Waals surface area contributed by atoms with Crippen LogP contribution >= 0.6 is 11.6 Å². The van der Waals surface area contributed by atoms with Gasteiger partial charge in [0.25, 0.3) is 0 Å². The van der Waals surface area contributed by atoms with Crippen LogP contribution in [-0.4, -0.2) is 34.0 Å². The predicted octanol–water partition coefficient (Wildman–Crippen LogP) is 4.34. The quantitative estimate of drug-likeness (QED) is 0.462. The molecular weight excluding hydrogens is 413 g/mol. The number of fused-ring (bicyclic) bond motifs is 2. The lowest BCUT2D eigenvalue weighted by atomic mass is 10.0. The number of likely N-dealkylation sites (tertiary alicyclic amines) is 1. The second-order valence-corrected chi connectivity index (χ2v) is 9.23. The highest BCUT2D eigenvalue weighted by Crippen LogP contribution is 2.57. The first-order valence-corrected chi connectivity index (χ1v) is 10.7. The number of hydrogen-bond donors (Lipinski definition) is 2. The molecule has 1 aliphatic heterocycles. The van der Waals surface area contributed by atoms with E-state index in [0.29, 0.717) is 34.1 Å². The third-order valence-electron chi connectivity index (χ3n) is 6.44. The highest BCUT2D eigenvalue weighted by molar-refractivity contribution is 6.31. The minimum Gasteiger partial charge on any atom is -0.398 e. The van der Waals surface area contributed by atoms with Gasteiger partial charge in [0.05, 0.1) is 16.1 Å². The first-order valence-electron chi connectivity index (χ1n) is 10.4. The van der Waals surface area contributed by atoms with E-state index in [0.717, 1.165) is 19.5 Å². The van der Waals surface area contributed by atoms with Crippen LogP contribution in [0, 0.1) is 29.0 Å². The van der Waals surface area contributed by atoms with E-state index in [1.807, 2.05) is 6.07 Å². The molecule has 1 aromatic heterocycles. The Morgan fingerprint density at radius 1 is 1.26 bits per heavy atom. The average molecular weight is 436 g/mol. The fourth-order valence-corrected chi connectivity index (χ4v) is 4.60. The maximum absolute atomic E-state index is 14.5. The SMILES string of the molecule is CC(C)N1C[C@@H]2C[C@]2(C#Cc2cc3nc(-c4cccc(Cl)c4F)nc(N)c3cc2N)C1. The lowest BCUT2D eigenvalue weighted by Gasteiger charge is -2.22. The van der Waals surface area contributed by atoms with E-state index in [1.165, 1.54) is 6.07 Å². The molecule has 1 saturated heterocycles. The zero-order chi connectivity index (χ0) is 21.9. The number of halogens is 2. The van der Waals surface area contributed by atoms with Crippen molar-refractivity contribution >= 4 is 34.0 Å². The van der Waals surface area contributed by atoms with Crippen molar-refractivity contribution in [2.45, 2.75) is 26.3 Å². The highest BCUT2D eigenvalue weighted by Gasteiger charge is 2.59. The van der Waals surface area contributed by atoms with Crippen LogP contribution in [-0.2, 0) is 0 Å². The van der Waals surface area contributed by atoms with Gasteiger partial charge in [-0.1, -0.05) is 29.5 Å². The van der Waals surface area contributed by atoms with Gasteiger partial charge < -0.3 is 11.5 Å². The second kappa shape index (κ2) is 7.08. The monoisotopic (exact) mass is 435 g/mol. The molecule has 2 fully saturated rings. The summed E-state index contributed by atoms with van der Waals surface area (Å²) in [5, 5.41) is 0.623. The first kappa shape index (κ1) is 20.0. The van der Waals surface area contributed by atoms with E-state index in [9.17, 15) is 4.39 Å². The van der Waals surface area contributed by atoms with Gasteiger partial charge in [-0.05, 0) is 50.5 Å². The number of nitrogen functional groups attached to an aromatic ring is 2. The third kappa shape index (κ3) is 3.38. The number of rotatable bonds is 2. The fraction of sp³-hybridized carbons (Fsp3) is 0.333. The van der Waals surface area contributed by atoms with Gasteiger partial charge in [0.15, 0.2) is 11.6 Å². The normalized spacial score (nSPS) is 22.4. The van der Waals surface area contributed by atoms with Crippen LogP contribution < -0.4 is 11.5 Å². The van der Waals surface area contributed by atoms with Gasteiger partial charge in [0.1, 0.15) is 5.82 Å². The molecule has 3 aromatic rings. The molecule has 0 amide bonds. The molecule has 0 unspecified atom stereocenters. The molecule has 2 atom stereocenters. The van der Waals surface area contributed by atoms with Crippen LogP contribution in [0.5, 0.6) is 0 Å². The standard InChI is InChI=1S/C24H23ClFN5/c1-13(2)31-11-15-10-24(15,12-31)7-6-14-8-20-17(9-19(14)27)22(28)30-23(29-20)16-4-3-5-18(25)21(16)26/h3-5,8-9,13,15H,10-12,27H2,1-2H3,(H2,28,29,30)/t15-,24+/m0/s1. The van der Waals surface area contributed by atoms with E-state index in [1.54, 1.807) is 18.2 Å². The Balaban J connectivity index is 1.54. The minimum absolute atomic E-state index is 0.00822. The number of aromatic nitrogens is 2. The Morgan fingerprint density at radius 2 is 2.06 bits per heavy atom. The van der Waals surface area contributed by atoms with Crippen molar-refractivity contribution < 1.29 is 4.39 Å². The molecule has 0 radical (unpaired) electrons. The fourth-order valence-electron chi connectivity index (χ4n) is 4.42. The Kier molecular flexibility index (Phi) is 4.58. The summed E-state index contributed by atoms with van der Waals surface area (Å²) in [5.74, 6) is 7.25. The summed E-state index contributed by atoms with van der Waals surface area (Å²) in [7, 11) is 0. The molecule has 1 saturated carbocycles. The average Bonchev–Trinajstić information content (AvgIpc) is 3.28. The zero-order valence-electron chi connectivity index (χ0n) is 17.4. The van der Waals surface area contributed by atoms with Crippen molar-refractivity contribution in [1.82, 2.24) is 14.9 Å². The van der Waals surface area contributed by atoms with Crippen LogP contribution in [0.2, 0.25) is 5.02 Å². The number of anilines is 2. The molecule has 4 N–H and O–H groups in total. The summed E-state index contributed by atoms with van der Waals surface area (Å²) in [6, 6.07) is 8.79. The Bertz CT molecular complexity index is 1280. The van der Waals surface area contributed by atoms with Gasteiger partial charge in [0.2, 0.25) is 0 Å². The lowest BCUT2D eigenvalue weighted by molar-refractivity contribution is 0.241. The molecule has 158 valence electrons. The molecule has 5 rings (SSSR count). The van der Waals surface area contributed by atoms with Gasteiger partial charge in [-0.2, -0.15) is 0 Å². The number of nitrogens with two attached hydrogens (primary N) is 2. The number of benzene rings is 2. The van der Waals surface area contributed by atoms with Crippen molar-refractivity contribution in [3.05, 3.63) is 46.7 Å². The maximum Gasteiger partial charge on any atom is 0.165 e. The summed E-state index contributed by atoms with van der Waals surface area (Å²) in [6.45, 7) is 6.55. The van der Waals surface area contributed by atoms with Gasteiger partial charge in [-0.15, -0.1) is 0 Å². The molecule has 2 heterocycles. The van der Waals surface area contributed by atoms with Crippen molar-refractivity contribution in [1.29, 1.82) is 0 Å². The van der Waals surface area contributed by atoms with E-state index < -0.39 is 5.82 Å². The minimum atomic E-state index is -0.576. The van der Waals surface area contributed by atoms with Crippen LogP contribution in [0.1, 0.15) is 25.8 Å². The topological polar surface area (TPSA) is 81.1 Å². The van der Waals surface area contributed by atoms with E-state index in [2.05, 4.69) is 40.6 Å². The van der Waals surface area contributed by atoms with E-state index in [-0.39, 0.29) is 27.6 Å². The maximum atomic E-state index is 14.5. The van der Waals surface area contributed by atoms with Crippen molar-refractivity contribution in [2.24, 2.45) is 11.3 Å². The number of hydrogen-bond acceptors (Lipinski definition) is 5. The summed E-state index contributed by atoms with van der Waals surface area (Å²) in [5.41, 5.74) is 14.5. The highest BCUT2D eigenvalue weighted by atomic mass is 35.5. The molecule has 0 spiro atoms. The summed E-state index contributed by atoms with van der Waals surface area (Å²) < 4.78 is 14.5. The predicted molar refractivity (Wildman–Crippen MR) is 123 cm³/mol. The second-order valence-electron chi connectivity index (χ2n) is 8.82. The Labute approximate surface area is 185 Å². The summed E-state index contributed by atoms with van der Waals surface area (Å²) in [4.78, 5) is 11.3. The van der Waals surface area contributed by atoms with Gasteiger partial charge >= 0.3 is 0 Å². The van der Waals surface area contributed by atoms with Crippen molar-refractivity contribution in [3.63, 3.8) is 0 Å². The zero-order valence-corrected chi connectivity index (χ0v) is 18.2. The Morgan fingerprint density at radius 3 is 2.81 bits per heavy atom. The Hall–Kier alpha value is -2.88. The molecule has 2 aliphatic rings. The van der Waals surface area contributed by atoms with Gasteiger partial charge in [0, 0.05) is 41.2 Å². The lowest BCUT2D eigenvalue weighted by Crippen LogP contribution is -2.31. The van der Waals surface area contributed by atoms with E-state index >= 15 is 0 Å². The van der Waals surface area contributed by atoms with Crippen LogP contribution in [0.25, 0.3) is 22.3 Å². The largest absolute Gasteiger partial charge is 0.398 e. The molecule has 0 bridgehead atoms. The first-order chi connectivity index (χ1) is 14.8. The molecule has 1 aliphatic carbocycles. The molecule has 7 heteroatoms. The molecular formula is C24H23ClFN5. The van der Waals surface area contributed by atoms with Crippen LogP contribution in [0.15, 0.2) is 30.3 Å². The van der Waals surface area contributed by atoms with E-state index in [4.69, 9.17) is 23.1 Å². The van der Waals surface area contributed by atoms with Gasteiger partial charge in [-0.25, -0.2) is 14.4 Å². The van der Waals surface area contributed by atoms with Crippen LogP contribution in [0.4, 0.5) is 15.9 Å². The van der Waals surface area contributed by atoms with Gasteiger partial charge in [-0.3, -0.25) is 4.90 Å². The van der Waals surface area contributed by atoms with Crippen molar-refractivity contribution in [2.75, 3.05) is 24.6 Å². The molecule has 5 nitrogen and oxygen atoms in total.